The quantitative estimate of drug-likeness (QED) is 0.708. The highest BCUT2D eigenvalue weighted by Crippen LogP contribution is 2.23. The lowest BCUT2D eigenvalue weighted by Crippen LogP contribution is -2.26. The third kappa shape index (κ3) is 5.11. The van der Waals surface area contributed by atoms with Crippen molar-refractivity contribution in [1.29, 1.82) is 0 Å². The van der Waals surface area contributed by atoms with E-state index in [1.54, 1.807) is 12.1 Å². The fourth-order valence-corrected chi connectivity index (χ4v) is 1.91. The Kier molecular flexibility index (Phi) is 6.71. The average molecular weight is 285 g/mol. The van der Waals surface area contributed by atoms with Crippen LogP contribution in [0.4, 0.5) is 0 Å². The topological polar surface area (TPSA) is 35.5 Å². The van der Waals surface area contributed by atoms with Gasteiger partial charge in [0.05, 0.1) is 10.9 Å². The molecule has 0 radical (unpaired) electrons. The molecule has 0 spiro atoms. The van der Waals surface area contributed by atoms with E-state index in [1.165, 1.54) is 0 Å². The molecule has 106 valence electrons. The van der Waals surface area contributed by atoms with Crippen LogP contribution >= 0.6 is 11.6 Å². The molecule has 0 aliphatic carbocycles. The fraction of sp³-hybridized carbons (Fsp3) is 0.533. The van der Waals surface area contributed by atoms with Crippen molar-refractivity contribution >= 4 is 17.6 Å². The SMILES string of the molecule is CCC(CC)C(=O)OC(C)COc1ccccc1Cl. The minimum Gasteiger partial charge on any atom is -0.488 e. The first-order chi connectivity index (χ1) is 9.08. The Morgan fingerprint density at radius 3 is 2.47 bits per heavy atom. The second kappa shape index (κ2) is 8.05. The summed E-state index contributed by atoms with van der Waals surface area (Å²) in [7, 11) is 0. The van der Waals surface area contributed by atoms with Crippen LogP contribution in [0.15, 0.2) is 24.3 Å². The molecule has 0 saturated carbocycles. The van der Waals surface area contributed by atoms with Crippen LogP contribution in [0.3, 0.4) is 0 Å². The lowest BCUT2D eigenvalue weighted by atomic mass is 10.0. The molecule has 0 aliphatic rings. The van der Waals surface area contributed by atoms with E-state index in [1.807, 2.05) is 32.9 Å². The monoisotopic (exact) mass is 284 g/mol. The number of hydrogen-bond donors (Lipinski definition) is 0. The number of ether oxygens (including phenoxy) is 2. The van der Waals surface area contributed by atoms with Gasteiger partial charge in [0, 0.05) is 0 Å². The molecule has 3 nitrogen and oxygen atoms in total. The van der Waals surface area contributed by atoms with Crippen LogP contribution in [0.25, 0.3) is 0 Å². The lowest BCUT2D eigenvalue weighted by molar-refractivity contribution is -0.154. The smallest absolute Gasteiger partial charge is 0.309 e. The van der Waals surface area contributed by atoms with Gasteiger partial charge < -0.3 is 9.47 Å². The van der Waals surface area contributed by atoms with E-state index >= 15 is 0 Å². The highest BCUT2D eigenvalue weighted by Gasteiger charge is 2.18. The molecule has 1 aromatic rings. The molecule has 1 aromatic carbocycles. The Hall–Kier alpha value is -1.22. The summed E-state index contributed by atoms with van der Waals surface area (Å²) in [5.41, 5.74) is 0. The molecule has 0 amide bonds. The van der Waals surface area contributed by atoms with Crippen molar-refractivity contribution in [2.24, 2.45) is 5.92 Å². The van der Waals surface area contributed by atoms with Crippen LogP contribution in [0.2, 0.25) is 5.02 Å². The molecule has 4 heteroatoms. The zero-order valence-corrected chi connectivity index (χ0v) is 12.4. The van der Waals surface area contributed by atoms with Crippen molar-refractivity contribution in [3.05, 3.63) is 29.3 Å². The number of benzene rings is 1. The Morgan fingerprint density at radius 1 is 1.26 bits per heavy atom. The summed E-state index contributed by atoms with van der Waals surface area (Å²) in [6, 6.07) is 7.24. The summed E-state index contributed by atoms with van der Waals surface area (Å²) in [6.45, 7) is 6.09. The molecular formula is C15H21ClO3. The van der Waals surface area contributed by atoms with Crippen LogP contribution < -0.4 is 4.74 Å². The van der Waals surface area contributed by atoms with Gasteiger partial charge in [-0.15, -0.1) is 0 Å². The Balaban J connectivity index is 2.42. The minimum atomic E-state index is -0.288. The van der Waals surface area contributed by atoms with E-state index in [9.17, 15) is 4.79 Å². The zero-order valence-electron chi connectivity index (χ0n) is 11.7. The van der Waals surface area contributed by atoms with Crippen molar-refractivity contribution in [1.82, 2.24) is 0 Å². The summed E-state index contributed by atoms with van der Waals surface area (Å²) >= 11 is 5.98. The third-order valence-electron chi connectivity index (χ3n) is 2.95. The predicted octanol–water partition coefficient (Wildman–Crippen LogP) is 4.09. The van der Waals surface area contributed by atoms with E-state index in [-0.39, 0.29) is 18.0 Å². The Bertz CT molecular complexity index is 402. The summed E-state index contributed by atoms with van der Waals surface area (Å²) < 4.78 is 10.9. The van der Waals surface area contributed by atoms with Gasteiger partial charge in [-0.25, -0.2) is 0 Å². The van der Waals surface area contributed by atoms with Crippen molar-refractivity contribution in [3.8, 4) is 5.75 Å². The van der Waals surface area contributed by atoms with Gasteiger partial charge >= 0.3 is 5.97 Å². The molecule has 0 fully saturated rings. The van der Waals surface area contributed by atoms with Crippen molar-refractivity contribution in [2.45, 2.75) is 39.7 Å². The van der Waals surface area contributed by atoms with Gasteiger partial charge in [-0.2, -0.15) is 0 Å². The Morgan fingerprint density at radius 2 is 1.89 bits per heavy atom. The molecule has 1 atom stereocenters. The second-order valence-corrected chi connectivity index (χ2v) is 4.91. The highest BCUT2D eigenvalue weighted by molar-refractivity contribution is 6.32. The largest absolute Gasteiger partial charge is 0.488 e. The lowest BCUT2D eigenvalue weighted by Gasteiger charge is -2.18. The van der Waals surface area contributed by atoms with Gasteiger partial charge in [-0.3, -0.25) is 4.79 Å². The van der Waals surface area contributed by atoms with E-state index < -0.39 is 0 Å². The van der Waals surface area contributed by atoms with Gasteiger partial charge in [-0.1, -0.05) is 37.6 Å². The highest BCUT2D eigenvalue weighted by atomic mass is 35.5. The fourth-order valence-electron chi connectivity index (χ4n) is 1.72. The predicted molar refractivity (Wildman–Crippen MR) is 76.6 cm³/mol. The molecule has 19 heavy (non-hydrogen) atoms. The van der Waals surface area contributed by atoms with E-state index in [0.29, 0.717) is 17.4 Å². The van der Waals surface area contributed by atoms with Crippen LogP contribution in [0.1, 0.15) is 33.6 Å². The van der Waals surface area contributed by atoms with Crippen molar-refractivity contribution in [2.75, 3.05) is 6.61 Å². The van der Waals surface area contributed by atoms with Crippen LogP contribution in [0.5, 0.6) is 5.75 Å². The number of carbonyl (C=O) groups excluding carboxylic acids is 1. The maximum absolute atomic E-state index is 11.8. The summed E-state index contributed by atoms with van der Waals surface area (Å²) in [5.74, 6) is 0.428. The van der Waals surface area contributed by atoms with Gasteiger partial charge in [0.2, 0.25) is 0 Å². The maximum Gasteiger partial charge on any atom is 0.309 e. The van der Waals surface area contributed by atoms with Crippen LogP contribution in [0, 0.1) is 5.92 Å². The number of para-hydroxylation sites is 1. The minimum absolute atomic E-state index is 0.0252. The molecule has 1 unspecified atom stereocenters. The third-order valence-corrected chi connectivity index (χ3v) is 3.26. The molecule has 1 rings (SSSR count). The number of carbonyl (C=O) groups is 1. The van der Waals surface area contributed by atoms with Gasteiger partial charge in [0.25, 0.3) is 0 Å². The number of rotatable bonds is 7. The first-order valence-electron chi connectivity index (χ1n) is 6.66. The maximum atomic E-state index is 11.8. The standard InChI is InChI=1S/C15H21ClO3/c1-4-12(5-2)15(17)19-11(3)10-18-14-9-7-6-8-13(14)16/h6-9,11-12H,4-5,10H2,1-3H3. The second-order valence-electron chi connectivity index (χ2n) is 4.50. The van der Waals surface area contributed by atoms with Crippen molar-refractivity contribution < 1.29 is 14.3 Å². The molecule has 0 aromatic heterocycles. The summed E-state index contributed by atoms with van der Waals surface area (Å²) in [6.07, 6.45) is 1.31. The van der Waals surface area contributed by atoms with Gasteiger partial charge in [-0.05, 0) is 31.9 Å². The first-order valence-corrected chi connectivity index (χ1v) is 7.04. The molecule has 0 heterocycles. The van der Waals surface area contributed by atoms with Gasteiger partial charge in [0.1, 0.15) is 18.5 Å². The number of esters is 1. The molecule has 0 aliphatic heterocycles. The molecular weight excluding hydrogens is 264 g/mol. The van der Waals surface area contributed by atoms with E-state index in [0.717, 1.165) is 12.8 Å². The summed E-state index contributed by atoms with van der Waals surface area (Å²) in [5, 5.41) is 0.556. The number of halogens is 1. The van der Waals surface area contributed by atoms with Crippen LogP contribution in [-0.2, 0) is 9.53 Å². The van der Waals surface area contributed by atoms with Crippen molar-refractivity contribution in [3.63, 3.8) is 0 Å². The Labute approximate surface area is 119 Å². The van der Waals surface area contributed by atoms with Crippen LogP contribution in [-0.4, -0.2) is 18.7 Å². The first kappa shape index (κ1) is 15.8. The molecule has 0 N–H and O–H groups in total. The van der Waals surface area contributed by atoms with E-state index in [4.69, 9.17) is 21.1 Å². The zero-order chi connectivity index (χ0) is 14.3. The summed E-state index contributed by atoms with van der Waals surface area (Å²) in [4.78, 5) is 11.8. The van der Waals surface area contributed by atoms with Gasteiger partial charge in [0.15, 0.2) is 0 Å². The molecule has 0 saturated heterocycles. The normalized spacial score (nSPS) is 12.3. The number of hydrogen-bond acceptors (Lipinski definition) is 3. The average Bonchev–Trinajstić information content (AvgIpc) is 2.39. The molecule has 0 bridgehead atoms. The van der Waals surface area contributed by atoms with E-state index in [2.05, 4.69) is 0 Å².